The summed E-state index contributed by atoms with van der Waals surface area (Å²) in [5.74, 6) is 0.211. The summed E-state index contributed by atoms with van der Waals surface area (Å²) in [5, 5.41) is 4.15. The van der Waals surface area contributed by atoms with Gasteiger partial charge in [0.15, 0.2) is 11.5 Å². The van der Waals surface area contributed by atoms with E-state index in [1.54, 1.807) is 30.3 Å². The fourth-order valence-corrected chi connectivity index (χ4v) is 4.80. The number of nitrogens with zero attached hydrogens (tertiary/aromatic N) is 2. The fraction of sp³-hybridized carbons (Fsp3) is 0.231. The third kappa shape index (κ3) is 6.83. The molecule has 1 N–H and O–H groups in total. The van der Waals surface area contributed by atoms with Gasteiger partial charge in [-0.2, -0.15) is 5.10 Å². The number of methoxy groups -OCH3 is 2. The van der Waals surface area contributed by atoms with Gasteiger partial charge in [0.05, 0.1) is 24.8 Å². The van der Waals surface area contributed by atoms with Gasteiger partial charge in [0, 0.05) is 11.8 Å². The topological polar surface area (TPSA) is 97.3 Å². The first-order valence-electron chi connectivity index (χ1n) is 11.0. The van der Waals surface area contributed by atoms with E-state index in [1.807, 2.05) is 37.3 Å². The first kappa shape index (κ1) is 25.8. The standard InChI is InChI=1S/C26H29N3O5S/c1-20(14-15-21-10-6-4-7-11-21)27-28-26(30)19-29(35(31,32)23-12-8-5-9-13-23)22-16-17-24(33-2)25(18-22)34-3/h4-13,16-18H,14-15,19H2,1-3H3,(H,28,30)/b27-20-. The molecular formula is C26H29N3O5S. The number of rotatable bonds is 11. The van der Waals surface area contributed by atoms with Crippen molar-refractivity contribution in [1.82, 2.24) is 5.43 Å². The molecule has 0 aliphatic carbocycles. The molecule has 8 nitrogen and oxygen atoms in total. The monoisotopic (exact) mass is 495 g/mol. The summed E-state index contributed by atoms with van der Waals surface area (Å²) in [4.78, 5) is 12.8. The zero-order valence-electron chi connectivity index (χ0n) is 20.0. The number of ether oxygens (including phenoxy) is 2. The van der Waals surface area contributed by atoms with Gasteiger partial charge in [0.1, 0.15) is 6.54 Å². The number of amides is 1. The lowest BCUT2D eigenvalue weighted by atomic mass is 10.1. The molecule has 1 amide bonds. The number of carbonyl (C=O) groups is 1. The molecular weight excluding hydrogens is 466 g/mol. The number of hydrazone groups is 1. The van der Waals surface area contributed by atoms with Crippen LogP contribution in [0.3, 0.4) is 0 Å². The molecule has 3 aromatic carbocycles. The summed E-state index contributed by atoms with van der Waals surface area (Å²) in [6, 6.07) is 22.6. The van der Waals surface area contributed by atoms with Crippen molar-refractivity contribution in [3.63, 3.8) is 0 Å². The lowest BCUT2D eigenvalue weighted by Crippen LogP contribution is -2.39. The molecule has 3 aromatic rings. The predicted molar refractivity (Wildman–Crippen MR) is 137 cm³/mol. The van der Waals surface area contributed by atoms with Crippen LogP contribution in [0.5, 0.6) is 11.5 Å². The Balaban J connectivity index is 1.81. The predicted octanol–water partition coefficient (Wildman–Crippen LogP) is 4.02. The van der Waals surface area contributed by atoms with E-state index in [0.717, 1.165) is 16.4 Å². The molecule has 0 saturated heterocycles. The summed E-state index contributed by atoms with van der Waals surface area (Å²) in [6.45, 7) is 1.35. The molecule has 0 unspecified atom stereocenters. The van der Waals surface area contributed by atoms with Gasteiger partial charge in [0.2, 0.25) is 0 Å². The van der Waals surface area contributed by atoms with E-state index in [9.17, 15) is 13.2 Å². The minimum absolute atomic E-state index is 0.0603. The van der Waals surface area contributed by atoms with Crippen molar-refractivity contribution >= 4 is 27.3 Å². The van der Waals surface area contributed by atoms with Crippen molar-refractivity contribution in [3.8, 4) is 11.5 Å². The van der Waals surface area contributed by atoms with E-state index < -0.39 is 22.5 Å². The van der Waals surface area contributed by atoms with E-state index >= 15 is 0 Å². The fourth-order valence-electron chi connectivity index (χ4n) is 3.36. The zero-order valence-corrected chi connectivity index (χ0v) is 20.8. The van der Waals surface area contributed by atoms with Gasteiger partial charge in [-0.3, -0.25) is 9.10 Å². The Morgan fingerprint density at radius 2 is 1.54 bits per heavy atom. The van der Waals surface area contributed by atoms with Crippen LogP contribution in [0.2, 0.25) is 0 Å². The molecule has 0 saturated carbocycles. The SMILES string of the molecule is COc1ccc(N(CC(=O)N/N=C(/C)CCc2ccccc2)S(=O)(=O)c2ccccc2)cc1OC. The molecule has 0 aliphatic rings. The van der Waals surface area contributed by atoms with Gasteiger partial charge in [0.25, 0.3) is 15.9 Å². The summed E-state index contributed by atoms with van der Waals surface area (Å²) in [5.41, 5.74) is 4.63. The molecule has 0 fully saturated rings. The average Bonchev–Trinajstić information content (AvgIpc) is 2.90. The lowest BCUT2D eigenvalue weighted by molar-refractivity contribution is -0.119. The highest BCUT2D eigenvalue weighted by molar-refractivity contribution is 7.92. The quantitative estimate of drug-likeness (QED) is 0.320. The maximum Gasteiger partial charge on any atom is 0.264 e. The van der Waals surface area contributed by atoms with Gasteiger partial charge in [-0.15, -0.1) is 0 Å². The van der Waals surface area contributed by atoms with Crippen LogP contribution in [0.25, 0.3) is 0 Å². The maximum absolute atomic E-state index is 13.5. The Hall–Kier alpha value is -3.85. The van der Waals surface area contributed by atoms with E-state index in [4.69, 9.17) is 9.47 Å². The second kappa shape index (κ2) is 12.0. The van der Waals surface area contributed by atoms with Crippen molar-refractivity contribution in [3.05, 3.63) is 84.4 Å². The number of sulfonamides is 1. The zero-order chi connectivity index (χ0) is 25.3. The number of hydrogen-bond donors (Lipinski definition) is 1. The summed E-state index contributed by atoms with van der Waals surface area (Å²) in [6.07, 6.45) is 1.44. The highest BCUT2D eigenvalue weighted by Gasteiger charge is 2.28. The molecule has 0 radical (unpaired) electrons. The summed E-state index contributed by atoms with van der Waals surface area (Å²) >= 11 is 0. The molecule has 3 rings (SSSR count). The Morgan fingerprint density at radius 3 is 2.17 bits per heavy atom. The molecule has 35 heavy (non-hydrogen) atoms. The largest absolute Gasteiger partial charge is 0.493 e. The first-order chi connectivity index (χ1) is 16.8. The number of benzene rings is 3. The second-order valence-electron chi connectivity index (χ2n) is 7.73. The molecule has 0 aliphatic heterocycles. The molecule has 9 heteroatoms. The summed E-state index contributed by atoms with van der Waals surface area (Å²) < 4.78 is 38.5. The van der Waals surface area contributed by atoms with Crippen molar-refractivity contribution in [2.45, 2.75) is 24.7 Å². The third-order valence-corrected chi connectivity index (χ3v) is 7.05. The molecule has 0 spiro atoms. The Morgan fingerprint density at radius 1 is 0.914 bits per heavy atom. The van der Waals surface area contributed by atoms with Gasteiger partial charge in [-0.1, -0.05) is 48.5 Å². The van der Waals surface area contributed by atoms with Gasteiger partial charge in [-0.25, -0.2) is 13.8 Å². The Bertz CT molecular complexity index is 1260. The molecule has 0 bridgehead atoms. The van der Waals surface area contributed by atoms with Crippen LogP contribution in [0.15, 0.2) is 88.9 Å². The Kier molecular flexibility index (Phi) is 8.86. The average molecular weight is 496 g/mol. The van der Waals surface area contributed by atoms with E-state index in [0.29, 0.717) is 17.9 Å². The third-order valence-electron chi connectivity index (χ3n) is 5.26. The van der Waals surface area contributed by atoms with Gasteiger partial charge < -0.3 is 9.47 Å². The van der Waals surface area contributed by atoms with E-state index in [1.165, 1.54) is 38.0 Å². The number of carbonyl (C=O) groups excluding carboxylic acids is 1. The van der Waals surface area contributed by atoms with Crippen LogP contribution < -0.4 is 19.2 Å². The highest BCUT2D eigenvalue weighted by Crippen LogP contribution is 2.33. The van der Waals surface area contributed by atoms with Gasteiger partial charge in [-0.05, 0) is 49.6 Å². The van der Waals surface area contributed by atoms with Crippen LogP contribution >= 0.6 is 0 Å². The lowest BCUT2D eigenvalue weighted by Gasteiger charge is -2.24. The first-order valence-corrected chi connectivity index (χ1v) is 12.4. The number of nitrogens with one attached hydrogen (secondary N) is 1. The molecule has 0 atom stereocenters. The summed E-state index contributed by atoms with van der Waals surface area (Å²) in [7, 11) is -1.11. The maximum atomic E-state index is 13.5. The minimum atomic E-state index is -4.05. The number of hydrogen-bond acceptors (Lipinski definition) is 6. The number of aryl methyl sites for hydroxylation is 1. The smallest absolute Gasteiger partial charge is 0.264 e. The van der Waals surface area contributed by atoms with E-state index in [2.05, 4.69) is 10.5 Å². The van der Waals surface area contributed by atoms with Gasteiger partial charge >= 0.3 is 0 Å². The second-order valence-corrected chi connectivity index (χ2v) is 9.59. The van der Waals surface area contributed by atoms with Crippen molar-refractivity contribution in [1.29, 1.82) is 0 Å². The van der Waals surface area contributed by atoms with Crippen molar-refractivity contribution < 1.29 is 22.7 Å². The van der Waals surface area contributed by atoms with Crippen LogP contribution in [-0.2, 0) is 21.2 Å². The van der Waals surface area contributed by atoms with Crippen molar-refractivity contribution in [2.24, 2.45) is 5.10 Å². The molecule has 0 heterocycles. The van der Waals surface area contributed by atoms with Crippen LogP contribution in [-0.4, -0.2) is 40.8 Å². The number of anilines is 1. The Labute approximate surface area is 206 Å². The van der Waals surface area contributed by atoms with Crippen LogP contribution in [0.4, 0.5) is 5.69 Å². The van der Waals surface area contributed by atoms with E-state index in [-0.39, 0.29) is 10.6 Å². The minimum Gasteiger partial charge on any atom is -0.493 e. The highest BCUT2D eigenvalue weighted by atomic mass is 32.2. The van der Waals surface area contributed by atoms with Crippen LogP contribution in [0, 0.1) is 0 Å². The normalized spacial score (nSPS) is 11.6. The van der Waals surface area contributed by atoms with Crippen molar-refractivity contribution in [2.75, 3.05) is 25.1 Å². The van der Waals surface area contributed by atoms with Crippen LogP contribution in [0.1, 0.15) is 18.9 Å². The molecule has 0 aromatic heterocycles. The molecule has 184 valence electrons.